The Labute approximate surface area is 82.9 Å². The van der Waals surface area contributed by atoms with Gasteiger partial charge in [0.15, 0.2) is 0 Å². The zero-order chi connectivity index (χ0) is 9.68. The predicted octanol–water partition coefficient (Wildman–Crippen LogP) is 1.77. The van der Waals surface area contributed by atoms with Gasteiger partial charge in [-0.2, -0.15) is 0 Å². The molecule has 0 saturated heterocycles. The fourth-order valence-electron chi connectivity index (χ4n) is 1.02. The largest absolute Gasteiger partial charge is 0.380 e. The van der Waals surface area contributed by atoms with Gasteiger partial charge in [-0.25, -0.2) is 0 Å². The van der Waals surface area contributed by atoms with Gasteiger partial charge >= 0.3 is 0 Å². The second-order valence-corrected chi connectivity index (χ2v) is 3.07. The maximum Gasteiger partial charge on any atom is 0.0659 e. The summed E-state index contributed by atoms with van der Waals surface area (Å²) in [6, 6.07) is 1.64. The van der Waals surface area contributed by atoms with Crippen molar-refractivity contribution in [2.45, 2.75) is 13.0 Å². The molecular weight excluding hydrogens is 188 g/mol. The molecule has 0 saturated carbocycles. The van der Waals surface area contributed by atoms with Crippen LogP contribution in [0.3, 0.4) is 0 Å². The fourth-order valence-corrected chi connectivity index (χ4v) is 1.28. The summed E-state index contributed by atoms with van der Waals surface area (Å²) in [5, 5.41) is 0.592. The van der Waals surface area contributed by atoms with Crippen LogP contribution in [-0.4, -0.2) is 18.2 Å². The predicted molar refractivity (Wildman–Crippen MR) is 52.7 cm³/mol. The molecule has 4 heteroatoms. The van der Waals surface area contributed by atoms with E-state index in [1.165, 1.54) is 0 Å². The van der Waals surface area contributed by atoms with E-state index in [1.807, 2.05) is 13.0 Å². The van der Waals surface area contributed by atoms with Gasteiger partial charge in [-0.15, -0.1) is 0 Å². The molecule has 1 unspecified atom stereocenters. The lowest BCUT2D eigenvalue weighted by Gasteiger charge is -2.12. The van der Waals surface area contributed by atoms with E-state index in [1.54, 1.807) is 12.4 Å². The molecule has 13 heavy (non-hydrogen) atoms. The number of hydrogen-bond donors (Lipinski definition) is 1. The van der Waals surface area contributed by atoms with Crippen LogP contribution in [0.1, 0.15) is 18.5 Å². The third-order valence-electron chi connectivity index (χ3n) is 1.70. The summed E-state index contributed by atoms with van der Waals surface area (Å²) in [6.07, 6.45) is 3.26. The first-order chi connectivity index (χ1) is 6.25. The van der Waals surface area contributed by atoms with E-state index in [4.69, 9.17) is 22.1 Å². The quantitative estimate of drug-likeness (QED) is 0.806. The van der Waals surface area contributed by atoms with Gasteiger partial charge in [0.2, 0.25) is 0 Å². The molecule has 0 aromatic carbocycles. The standard InChI is InChI=1S/C9H13ClN2O/c1-2-13-6-9(11)7-3-4-12-5-8(7)10/h3-5,9H,2,6,11H2,1H3. The fraction of sp³-hybridized carbons (Fsp3) is 0.444. The summed E-state index contributed by atoms with van der Waals surface area (Å²) in [5.74, 6) is 0. The number of ether oxygens (including phenoxy) is 1. The number of hydrogen-bond acceptors (Lipinski definition) is 3. The van der Waals surface area contributed by atoms with Crippen molar-refractivity contribution in [1.82, 2.24) is 4.98 Å². The van der Waals surface area contributed by atoms with Crippen molar-refractivity contribution in [1.29, 1.82) is 0 Å². The van der Waals surface area contributed by atoms with Crippen molar-refractivity contribution in [2.75, 3.05) is 13.2 Å². The normalized spacial score (nSPS) is 12.8. The molecule has 0 aliphatic carbocycles. The summed E-state index contributed by atoms with van der Waals surface area (Å²) in [4.78, 5) is 3.88. The summed E-state index contributed by atoms with van der Waals surface area (Å²) in [5.41, 5.74) is 6.72. The molecule has 0 spiro atoms. The van der Waals surface area contributed by atoms with Crippen molar-refractivity contribution < 1.29 is 4.74 Å². The molecule has 0 radical (unpaired) electrons. The van der Waals surface area contributed by atoms with Crippen molar-refractivity contribution in [2.24, 2.45) is 5.73 Å². The Kier molecular flexibility index (Phi) is 4.15. The highest BCUT2D eigenvalue weighted by atomic mass is 35.5. The average Bonchev–Trinajstić information content (AvgIpc) is 2.15. The van der Waals surface area contributed by atoms with Gasteiger partial charge in [0, 0.05) is 19.0 Å². The molecular formula is C9H13ClN2O. The highest BCUT2D eigenvalue weighted by Gasteiger charge is 2.09. The Hall–Kier alpha value is -0.640. The molecule has 1 aromatic rings. The lowest BCUT2D eigenvalue weighted by atomic mass is 10.1. The lowest BCUT2D eigenvalue weighted by molar-refractivity contribution is 0.133. The minimum Gasteiger partial charge on any atom is -0.380 e. The molecule has 0 aliphatic heterocycles. The number of nitrogens with zero attached hydrogens (tertiary/aromatic N) is 1. The van der Waals surface area contributed by atoms with Crippen molar-refractivity contribution >= 4 is 11.6 Å². The van der Waals surface area contributed by atoms with Crippen LogP contribution in [0.4, 0.5) is 0 Å². The van der Waals surface area contributed by atoms with Gasteiger partial charge in [-0.05, 0) is 18.6 Å². The minimum atomic E-state index is -0.171. The van der Waals surface area contributed by atoms with Crippen LogP contribution in [0, 0.1) is 0 Å². The van der Waals surface area contributed by atoms with E-state index in [-0.39, 0.29) is 6.04 Å². The molecule has 0 bridgehead atoms. The van der Waals surface area contributed by atoms with E-state index in [0.717, 1.165) is 5.56 Å². The zero-order valence-electron chi connectivity index (χ0n) is 7.53. The molecule has 72 valence electrons. The second kappa shape index (κ2) is 5.17. The molecule has 1 rings (SSSR count). The van der Waals surface area contributed by atoms with Crippen LogP contribution in [0.5, 0.6) is 0 Å². The summed E-state index contributed by atoms with van der Waals surface area (Å²) >= 11 is 5.90. The topological polar surface area (TPSA) is 48.1 Å². The maximum absolute atomic E-state index is 5.90. The van der Waals surface area contributed by atoms with Crippen molar-refractivity contribution in [3.8, 4) is 0 Å². The second-order valence-electron chi connectivity index (χ2n) is 2.66. The number of pyridine rings is 1. The minimum absolute atomic E-state index is 0.171. The molecule has 1 aromatic heterocycles. The van der Waals surface area contributed by atoms with Crippen LogP contribution in [-0.2, 0) is 4.74 Å². The van der Waals surface area contributed by atoms with Crippen molar-refractivity contribution in [3.63, 3.8) is 0 Å². The SMILES string of the molecule is CCOCC(N)c1ccncc1Cl. The summed E-state index contributed by atoms with van der Waals surface area (Å²) in [7, 11) is 0. The molecule has 1 heterocycles. The number of rotatable bonds is 4. The summed E-state index contributed by atoms with van der Waals surface area (Å²) < 4.78 is 5.20. The van der Waals surface area contributed by atoms with Crippen LogP contribution in [0.15, 0.2) is 18.5 Å². The van der Waals surface area contributed by atoms with E-state index >= 15 is 0 Å². The van der Waals surface area contributed by atoms with Gasteiger partial charge in [-0.3, -0.25) is 4.98 Å². The van der Waals surface area contributed by atoms with E-state index in [9.17, 15) is 0 Å². The van der Waals surface area contributed by atoms with E-state index in [2.05, 4.69) is 4.98 Å². The molecule has 0 amide bonds. The van der Waals surface area contributed by atoms with Gasteiger partial charge in [0.05, 0.1) is 17.7 Å². The first-order valence-corrected chi connectivity index (χ1v) is 4.56. The van der Waals surface area contributed by atoms with Gasteiger partial charge in [-0.1, -0.05) is 11.6 Å². The molecule has 3 nitrogen and oxygen atoms in total. The number of aromatic nitrogens is 1. The first kappa shape index (κ1) is 10.4. The molecule has 0 aliphatic rings. The van der Waals surface area contributed by atoms with Gasteiger partial charge in [0.25, 0.3) is 0 Å². The van der Waals surface area contributed by atoms with Gasteiger partial charge in [0.1, 0.15) is 0 Å². The maximum atomic E-state index is 5.90. The average molecular weight is 201 g/mol. The Morgan fingerprint density at radius 1 is 1.69 bits per heavy atom. The third kappa shape index (κ3) is 2.95. The zero-order valence-corrected chi connectivity index (χ0v) is 8.29. The number of nitrogens with two attached hydrogens (primary N) is 1. The van der Waals surface area contributed by atoms with Crippen LogP contribution in [0.25, 0.3) is 0 Å². The Morgan fingerprint density at radius 2 is 2.46 bits per heavy atom. The monoisotopic (exact) mass is 200 g/mol. The summed E-state index contributed by atoms with van der Waals surface area (Å²) in [6.45, 7) is 3.08. The molecule has 2 N–H and O–H groups in total. The van der Waals surface area contributed by atoms with Crippen molar-refractivity contribution in [3.05, 3.63) is 29.0 Å². The highest BCUT2D eigenvalue weighted by molar-refractivity contribution is 6.31. The smallest absolute Gasteiger partial charge is 0.0659 e. The Morgan fingerprint density at radius 3 is 3.08 bits per heavy atom. The van der Waals surface area contributed by atoms with Crippen LogP contribution < -0.4 is 5.73 Å². The van der Waals surface area contributed by atoms with E-state index in [0.29, 0.717) is 18.2 Å². The molecule has 1 atom stereocenters. The van der Waals surface area contributed by atoms with Gasteiger partial charge < -0.3 is 10.5 Å². The lowest BCUT2D eigenvalue weighted by Crippen LogP contribution is -2.17. The highest BCUT2D eigenvalue weighted by Crippen LogP contribution is 2.19. The Bertz CT molecular complexity index is 268. The van der Waals surface area contributed by atoms with E-state index < -0.39 is 0 Å². The van der Waals surface area contributed by atoms with Crippen LogP contribution >= 0.6 is 11.6 Å². The number of halogens is 1. The third-order valence-corrected chi connectivity index (χ3v) is 2.02. The Balaban J connectivity index is 2.65. The molecule has 0 fully saturated rings. The van der Waals surface area contributed by atoms with Crippen LogP contribution in [0.2, 0.25) is 5.02 Å². The first-order valence-electron chi connectivity index (χ1n) is 4.18.